The molecule has 6 heteroatoms. The molecule has 1 aliphatic carbocycles. The van der Waals surface area contributed by atoms with Crippen molar-refractivity contribution in [1.29, 1.82) is 0 Å². The number of anilines is 1. The van der Waals surface area contributed by atoms with Gasteiger partial charge in [-0.1, -0.05) is 74.9 Å². The Labute approximate surface area is 263 Å². The molecule has 2 aromatic rings. The van der Waals surface area contributed by atoms with Crippen LogP contribution in [0.3, 0.4) is 0 Å². The number of allylic oxidation sites excluding steroid dienone is 1. The maximum Gasteiger partial charge on any atom is 0.156 e. The van der Waals surface area contributed by atoms with Crippen molar-refractivity contribution < 1.29 is 4.39 Å². The molecule has 2 saturated heterocycles. The molecule has 2 heterocycles. The molecule has 0 amide bonds. The number of unbranched alkanes of at least 4 members (excludes halogenated alkanes) is 2. The fourth-order valence-corrected chi connectivity index (χ4v) is 7.09. The number of piperidine rings is 1. The summed E-state index contributed by atoms with van der Waals surface area (Å²) in [5, 5.41) is 7.25. The fraction of sp³-hybridized carbons (Fsp3) is 0.541. The van der Waals surface area contributed by atoms with Crippen molar-refractivity contribution in [3.05, 3.63) is 76.1 Å². The first-order valence-corrected chi connectivity index (χ1v) is 17.0. The molecule has 4 atom stereocenters. The number of aliphatic imine (C=N–C) groups is 1. The highest BCUT2D eigenvalue weighted by Gasteiger charge is 2.27. The van der Waals surface area contributed by atoms with E-state index in [0.717, 1.165) is 81.0 Å². The number of benzene rings is 2. The van der Waals surface area contributed by atoms with Gasteiger partial charge in [-0.2, -0.15) is 0 Å². The molecule has 2 aliphatic heterocycles. The number of hydrogen-bond donors (Lipinski definition) is 2. The van der Waals surface area contributed by atoms with Crippen LogP contribution in [0.5, 0.6) is 0 Å². The van der Waals surface area contributed by atoms with Gasteiger partial charge in [0.25, 0.3) is 0 Å². The summed E-state index contributed by atoms with van der Waals surface area (Å²) in [6, 6.07) is 11.5. The minimum atomic E-state index is -0.332. The van der Waals surface area contributed by atoms with Crippen LogP contribution in [0.4, 0.5) is 10.1 Å². The zero-order valence-corrected chi connectivity index (χ0v) is 27.2. The summed E-state index contributed by atoms with van der Waals surface area (Å²) in [7, 11) is 0. The van der Waals surface area contributed by atoms with Gasteiger partial charge in [-0.3, -0.25) is 4.99 Å². The Balaban J connectivity index is 1.35. The maximum absolute atomic E-state index is 16.7. The van der Waals surface area contributed by atoms with E-state index in [1.54, 1.807) is 6.08 Å². The third-order valence-corrected chi connectivity index (χ3v) is 10.1. The molecule has 2 unspecified atom stereocenters. The van der Waals surface area contributed by atoms with Crippen molar-refractivity contribution >= 4 is 34.8 Å². The number of likely N-dealkylation sites (tertiary alicyclic amines) is 1. The van der Waals surface area contributed by atoms with Crippen molar-refractivity contribution in [2.75, 3.05) is 31.5 Å². The zero-order valence-electron chi connectivity index (χ0n) is 26.4. The van der Waals surface area contributed by atoms with Crippen LogP contribution < -0.4 is 10.6 Å². The minimum absolute atomic E-state index is 0.332. The molecule has 0 saturated carbocycles. The van der Waals surface area contributed by atoms with Crippen LogP contribution in [0.15, 0.2) is 48.0 Å². The van der Waals surface area contributed by atoms with Crippen LogP contribution in [-0.2, 0) is 0 Å². The smallest absolute Gasteiger partial charge is 0.156 e. The summed E-state index contributed by atoms with van der Waals surface area (Å²) in [6.45, 7) is 15.1. The average Bonchev–Trinajstić information content (AvgIpc) is 3.84. The monoisotopic (exact) mass is 604 g/mol. The van der Waals surface area contributed by atoms with Crippen LogP contribution >= 0.6 is 11.6 Å². The maximum atomic E-state index is 16.7. The molecule has 0 aromatic heterocycles. The van der Waals surface area contributed by atoms with E-state index >= 15 is 4.39 Å². The normalized spacial score (nSPS) is 23.9. The predicted octanol–water partition coefficient (Wildman–Crippen LogP) is 9.30. The molecule has 2 fully saturated rings. The zero-order chi connectivity index (χ0) is 30.3. The fourth-order valence-electron chi connectivity index (χ4n) is 6.79. The highest BCUT2D eigenvalue weighted by Crippen LogP contribution is 2.43. The van der Waals surface area contributed by atoms with Crippen molar-refractivity contribution in [1.82, 2.24) is 10.2 Å². The topological polar surface area (TPSA) is 49.6 Å². The van der Waals surface area contributed by atoms with Crippen LogP contribution in [0.25, 0.3) is 11.6 Å². The largest absolute Gasteiger partial charge is 0.341 e. The standard InChI is InChI=1S/C37H50ClFN4/c1-5-28-23-33(38)35(32-19-18-26(3)30-15-6-7-16-31(30)32)36(39)37(28)42-34(40-20-10-8-14-29-24-41-29)17-9-11-21-43-22-12-13-25(2)27(43)4/h5-7,15-16,19,23,25-27,29,41H,1,8-14,17-18,20-22,24H2,2-4H3,(H,40,42)/t25-,26?,27-,29?/m1/s1. The minimum Gasteiger partial charge on any atom is -0.341 e. The summed E-state index contributed by atoms with van der Waals surface area (Å²) >= 11 is 6.81. The SMILES string of the molecule is C=Cc1cc(Cl)c(C2=CCC(C)c3ccccc32)c(F)c1NC(CCCCN1CCC[C@@H](C)[C@H]1C)=NCCCCC1CN1. The molecular weight excluding hydrogens is 555 g/mol. The van der Waals surface area contributed by atoms with Gasteiger partial charge in [0.2, 0.25) is 0 Å². The molecule has 2 N–H and O–H groups in total. The highest BCUT2D eigenvalue weighted by molar-refractivity contribution is 6.33. The second-order valence-electron chi connectivity index (χ2n) is 13.0. The number of amidine groups is 1. The van der Waals surface area contributed by atoms with E-state index in [1.165, 1.54) is 31.4 Å². The molecule has 0 radical (unpaired) electrons. The van der Waals surface area contributed by atoms with E-state index in [4.69, 9.17) is 16.6 Å². The number of nitrogens with zero attached hydrogens (tertiary/aromatic N) is 2. The molecule has 3 aliphatic rings. The molecule has 2 aromatic carbocycles. The summed E-state index contributed by atoms with van der Waals surface area (Å²) < 4.78 is 16.7. The van der Waals surface area contributed by atoms with E-state index < -0.39 is 0 Å². The van der Waals surface area contributed by atoms with E-state index in [1.807, 2.05) is 12.1 Å². The predicted molar refractivity (Wildman–Crippen MR) is 183 cm³/mol. The van der Waals surface area contributed by atoms with Crippen LogP contribution in [0.2, 0.25) is 5.02 Å². The van der Waals surface area contributed by atoms with Crippen LogP contribution in [-0.4, -0.2) is 49.0 Å². The molecule has 5 rings (SSSR count). The molecular formula is C37H50ClFN4. The van der Waals surface area contributed by atoms with Crippen molar-refractivity contribution in [3.63, 3.8) is 0 Å². The Kier molecular flexibility index (Phi) is 11.1. The summed E-state index contributed by atoms with van der Waals surface area (Å²) in [5.41, 5.74) is 4.70. The van der Waals surface area contributed by atoms with Gasteiger partial charge in [-0.15, -0.1) is 0 Å². The number of hydrogen-bond acceptors (Lipinski definition) is 3. The van der Waals surface area contributed by atoms with Gasteiger partial charge in [0.05, 0.1) is 10.7 Å². The lowest BCUT2D eigenvalue weighted by Crippen LogP contribution is -2.42. The van der Waals surface area contributed by atoms with E-state index in [2.05, 4.69) is 67.2 Å². The number of halogens is 2. The lowest BCUT2D eigenvalue weighted by Gasteiger charge is -2.38. The quantitative estimate of drug-likeness (QED) is 0.104. The molecule has 0 bridgehead atoms. The van der Waals surface area contributed by atoms with Gasteiger partial charge in [0.15, 0.2) is 5.82 Å². The highest BCUT2D eigenvalue weighted by atomic mass is 35.5. The van der Waals surface area contributed by atoms with Gasteiger partial charge in [0, 0.05) is 42.7 Å². The summed E-state index contributed by atoms with van der Waals surface area (Å²) in [6.07, 6.45) is 13.6. The summed E-state index contributed by atoms with van der Waals surface area (Å²) in [5.74, 6) is 1.66. The summed E-state index contributed by atoms with van der Waals surface area (Å²) in [4.78, 5) is 7.64. The second kappa shape index (κ2) is 15.0. The van der Waals surface area contributed by atoms with E-state index in [-0.39, 0.29) is 5.82 Å². The van der Waals surface area contributed by atoms with Crippen LogP contribution in [0, 0.1) is 11.7 Å². The molecule has 0 spiro atoms. The van der Waals surface area contributed by atoms with Gasteiger partial charge in [-0.05, 0) is 99.6 Å². The lowest BCUT2D eigenvalue weighted by molar-refractivity contribution is 0.112. The number of fused-ring (bicyclic) bond motifs is 1. The Morgan fingerprint density at radius 1 is 1.19 bits per heavy atom. The van der Waals surface area contributed by atoms with Gasteiger partial charge in [-0.25, -0.2) is 4.39 Å². The van der Waals surface area contributed by atoms with Gasteiger partial charge >= 0.3 is 0 Å². The second-order valence-corrected chi connectivity index (χ2v) is 13.4. The Morgan fingerprint density at radius 3 is 2.79 bits per heavy atom. The Hall–Kier alpha value is -2.47. The molecule has 43 heavy (non-hydrogen) atoms. The van der Waals surface area contributed by atoms with Crippen molar-refractivity contribution in [2.24, 2.45) is 10.9 Å². The van der Waals surface area contributed by atoms with E-state index in [0.29, 0.717) is 39.8 Å². The number of nitrogens with one attached hydrogen (secondary N) is 2. The van der Waals surface area contributed by atoms with Gasteiger partial charge in [0.1, 0.15) is 5.84 Å². The van der Waals surface area contributed by atoms with Crippen molar-refractivity contribution in [2.45, 2.75) is 96.6 Å². The van der Waals surface area contributed by atoms with Crippen LogP contribution in [0.1, 0.15) is 107 Å². The molecule has 4 nitrogen and oxygen atoms in total. The third kappa shape index (κ3) is 7.98. The van der Waals surface area contributed by atoms with E-state index in [9.17, 15) is 0 Å². The molecule has 232 valence electrons. The van der Waals surface area contributed by atoms with Crippen molar-refractivity contribution in [3.8, 4) is 0 Å². The first-order valence-electron chi connectivity index (χ1n) is 16.6. The van der Waals surface area contributed by atoms with Gasteiger partial charge < -0.3 is 15.5 Å². The number of rotatable bonds is 13. The Morgan fingerprint density at radius 2 is 2.00 bits per heavy atom. The first-order chi connectivity index (χ1) is 20.9. The third-order valence-electron chi connectivity index (χ3n) is 9.83. The Bertz CT molecular complexity index is 1330. The lowest BCUT2D eigenvalue weighted by atomic mass is 9.81. The first kappa shape index (κ1) is 31.9. The average molecular weight is 605 g/mol.